The lowest BCUT2D eigenvalue weighted by Crippen LogP contribution is -2.54. The van der Waals surface area contributed by atoms with Gasteiger partial charge in [0.15, 0.2) is 0 Å². The molecule has 2 aromatic rings. The third-order valence-electron chi connectivity index (χ3n) is 5.67. The Balaban J connectivity index is 1.29. The van der Waals surface area contributed by atoms with Gasteiger partial charge in [0, 0.05) is 18.7 Å². The van der Waals surface area contributed by atoms with Gasteiger partial charge in [-0.2, -0.15) is 0 Å². The van der Waals surface area contributed by atoms with Gasteiger partial charge in [-0.05, 0) is 59.7 Å². The van der Waals surface area contributed by atoms with Crippen molar-refractivity contribution < 1.29 is 28.7 Å². The molecule has 2 aliphatic rings. The second-order valence-electron chi connectivity index (χ2n) is 7.95. The second kappa shape index (κ2) is 10.5. The molecule has 34 heavy (non-hydrogen) atoms. The molecule has 0 aromatic heterocycles. The molecule has 2 N–H and O–H groups in total. The molecular weight excluding hydrogens is 553 g/mol. The van der Waals surface area contributed by atoms with Crippen molar-refractivity contribution in [1.29, 1.82) is 0 Å². The number of ether oxygens (including phenoxy) is 2. The van der Waals surface area contributed by atoms with Crippen LogP contribution in [0.5, 0.6) is 5.75 Å². The van der Waals surface area contributed by atoms with Crippen molar-refractivity contribution in [2.75, 3.05) is 31.7 Å². The van der Waals surface area contributed by atoms with Gasteiger partial charge >= 0.3 is 0 Å². The number of fused-ring (bicyclic) bond motifs is 1. The molecule has 1 unspecified atom stereocenters. The molecule has 4 rings (SSSR count). The Kier molecular flexibility index (Phi) is 7.47. The van der Waals surface area contributed by atoms with E-state index in [1.807, 2.05) is 25.1 Å². The smallest absolute Gasteiger partial charge is 0.264 e. The number of piperidine rings is 1. The summed E-state index contributed by atoms with van der Waals surface area (Å²) in [5.74, 6) is -1.28. The lowest BCUT2D eigenvalue weighted by molar-refractivity contribution is -0.136. The molecule has 0 spiro atoms. The number of aryl methyl sites for hydroxylation is 1. The van der Waals surface area contributed by atoms with Crippen molar-refractivity contribution in [3.05, 3.63) is 56.7 Å². The number of imide groups is 2. The van der Waals surface area contributed by atoms with Crippen LogP contribution in [0.1, 0.15) is 39.1 Å². The number of hydrogen-bond donors (Lipinski definition) is 2. The number of halogens is 1. The monoisotopic (exact) mass is 577 g/mol. The zero-order valence-corrected chi connectivity index (χ0v) is 20.7. The maximum atomic E-state index is 13.1. The Morgan fingerprint density at radius 3 is 2.65 bits per heavy atom. The molecule has 1 fully saturated rings. The minimum Gasteiger partial charge on any atom is -0.490 e. The summed E-state index contributed by atoms with van der Waals surface area (Å²) >= 11 is 2.25. The Morgan fingerprint density at radius 1 is 1.06 bits per heavy atom. The van der Waals surface area contributed by atoms with E-state index in [4.69, 9.17) is 9.47 Å². The fourth-order valence-corrected chi connectivity index (χ4v) is 4.48. The van der Waals surface area contributed by atoms with E-state index < -0.39 is 29.7 Å². The summed E-state index contributed by atoms with van der Waals surface area (Å²) in [5.41, 5.74) is 2.12. The summed E-state index contributed by atoms with van der Waals surface area (Å²) in [7, 11) is 0. The van der Waals surface area contributed by atoms with E-state index in [1.54, 1.807) is 18.2 Å². The van der Waals surface area contributed by atoms with Crippen LogP contribution in [0.4, 0.5) is 5.69 Å². The number of hydrogen-bond acceptors (Lipinski definition) is 7. The largest absolute Gasteiger partial charge is 0.490 e. The van der Waals surface area contributed by atoms with E-state index in [0.717, 1.165) is 19.8 Å². The van der Waals surface area contributed by atoms with Gasteiger partial charge in [-0.3, -0.25) is 29.4 Å². The van der Waals surface area contributed by atoms with Crippen molar-refractivity contribution in [2.45, 2.75) is 25.8 Å². The maximum Gasteiger partial charge on any atom is 0.264 e. The molecule has 178 valence electrons. The van der Waals surface area contributed by atoms with Crippen LogP contribution in [0.25, 0.3) is 0 Å². The summed E-state index contributed by atoms with van der Waals surface area (Å²) < 4.78 is 12.5. The van der Waals surface area contributed by atoms with Crippen LogP contribution >= 0.6 is 22.6 Å². The molecule has 2 heterocycles. The highest BCUT2D eigenvalue weighted by Gasteiger charge is 2.45. The molecule has 1 atom stereocenters. The molecule has 1 saturated heterocycles. The summed E-state index contributed by atoms with van der Waals surface area (Å²) in [5, 5.41) is 5.34. The molecule has 0 radical (unpaired) electrons. The second-order valence-corrected chi connectivity index (χ2v) is 9.03. The quantitative estimate of drug-likeness (QED) is 0.268. The molecule has 2 aromatic carbocycles. The highest BCUT2D eigenvalue weighted by Crippen LogP contribution is 2.32. The normalized spacial score (nSPS) is 17.6. The summed E-state index contributed by atoms with van der Waals surface area (Å²) in [6.45, 7) is 3.63. The van der Waals surface area contributed by atoms with Crippen LogP contribution in [0.15, 0.2) is 36.4 Å². The highest BCUT2D eigenvalue weighted by molar-refractivity contribution is 14.1. The van der Waals surface area contributed by atoms with Crippen molar-refractivity contribution in [3.63, 3.8) is 0 Å². The van der Waals surface area contributed by atoms with Gasteiger partial charge < -0.3 is 14.8 Å². The third-order valence-corrected chi connectivity index (χ3v) is 7.05. The third kappa shape index (κ3) is 4.92. The maximum absolute atomic E-state index is 13.1. The Bertz CT molecular complexity index is 1150. The summed E-state index contributed by atoms with van der Waals surface area (Å²) in [6, 6.07) is 9.86. The Morgan fingerprint density at radius 2 is 1.85 bits per heavy atom. The average molecular weight is 577 g/mol. The molecule has 9 nitrogen and oxygen atoms in total. The Labute approximate surface area is 210 Å². The van der Waals surface area contributed by atoms with E-state index in [1.165, 1.54) is 0 Å². The van der Waals surface area contributed by atoms with Gasteiger partial charge in [0.2, 0.25) is 11.8 Å². The molecule has 4 amide bonds. The number of carbonyl (C=O) groups is 4. The van der Waals surface area contributed by atoms with Gasteiger partial charge in [-0.25, -0.2) is 0 Å². The van der Waals surface area contributed by atoms with E-state index in [2.05, 4.69) is 33.2 Å². The van der Waals surface area contributed by atoms with Crippen molar-refractivity contribution in [3.8, 4) is 5.75 Å². The predicted molar refractivity (Wildman–Crippen MR) is 132 cm³/mol. The lowest BCUT2D eigenvalue weighted by atomic mass is 10.0. The van der Waals surface area contributed by atoms with Gasteiger partial charge in [0.25, 0.3) is 11.8 Å². The number of carbonyl (C=O) groups excluding carboxylic acids is 4. The molecule has 2 aliphatic heterocycles. The van der Waals surface area contributed by atoms with E-state index in [0.29, 0.717) is 32.1 Å². The van der Waals surface area contributed by atoms with Gasteiger partial charge in [-0.1, -0.05) is 18.2 Å². The number of benzene rings is 2. The average Bonchev–Trinajstić information content (AvgIpc) is 3.07. The number of nitrogens with one attached hydrogen (secondary N) is 2. The first-order chi connectivity index (χ1) is 16.4. The predicted octanol–water partition coefficient (Wildman–Crippen LogP) is 2.51. The summed E-state index contributed by atoms with van der Waals surface area (Å²) in [6.07, 6.45) is 0.204. The minimum atomic E-state index is -0.988. The first kappa shape index (κ1) is 24.1. The van der Waals surface area contributed by atoms with Crippen LogP contribution in [-0.2, 0) is 14.3 Å². The number of rotatable bonds is 9. The first-order valence-electron chi connectivity index (χ1n) is 10.9. The molecule has 0 bridgehead atoms. The van der Waals surface area contributed by atoms with Crippen molar-refractivity contribution in [1.82, 2.24) is 10.2 Å². The van der Waals surface area contributed by atoms with Crippen LogP contribution in [0, 0.1) is 10.5 Å². The fourth-order valence-electron chi connectivity index (χ4n) is 3.96. The van der Waals surface area contributed by atoms with E-state index in [9.17, 15) is 19.2 Å². The fraction of sp³-hybridized carbons (Fsp3) is 0.333. The highest BCUT2D eigenvalue weighted by atomic mass is 127. The topological polar surface area (TPSA) is 114 Å². The van der Waals surface area contributed by atoms with Crippen LogP contribution < -0.4 is 15.4 Å². The van der Waals surface area contributed by atoms with Gasteiger partial charge in [-0.15, -0.1) is 0 Å². The first-order valence-corrected chi connectivity index (χ1v) is 12.0. The van der Waals surface area contributed by atoms with Crippen LogP contribution in [0.3, 0.4) is 0 Å². The summed E-state index contributed by atoms with van der Waals surface area (Å²) in [4.78, 5) is 50.5. The minimum absolute atomic E-state index is 0.0823. The van der Waals surface area contributed by atoms with E-state index >= 15 is 0 Å². The molecule has 0 saturated carbocycles. The van der Waals surface area contributed by atoms with Crippen LogP contribution in [0.2, 0.25) is 0 Å². The van der Waals surface area contributed by atoms with Gasteiger partial charge in [0.1, 0.15) is 18.4 Å². The zero-order chi connectivity index (χ0) is 24.2. The molecule has 10 heteroatoms. The molecular formula is C24H24IN3O6. The standard InChI is InChI=1S/C24H24IN3O6/c1-14-4-2-7-18(21(14)25)34-13-12-33-11-10-26-16-6-3-5-15-20(16)24(32)28(23(15)31)17-8-9-19(29)27-22(17)30/h2-7,17,26H,8-13H2,1H3,(H,27,29,30). The number of anilines is 1. The molecule has 0 aliphatic carbocycles. The van der Waals surface area contributed by atoms with Crippen LogP contribution in [-0.4, -0.2) is 60.9 Å². The van der Waals surface area contributed by atoms with E-state index in [-0.39, 0.29) is 24.0 Å². The Hall–Kier alpha value is -2.99. The van der Waals surface area contributed by atoms with Crippen molar-refractivity contribution in [2.24, 2.45) is 0 Å². The zero-order valence-electron chi connectivity index (χ0n) is 18.6. The number of amides is 4. The van der Waals surface area contributed by atoms with Gasteiger partial charge in [0.05, 0.1) is 27.9 Å². The lowest BCUT2D eigenvalue weighted by Gasteiger charge is -2.27. The SMILES string of the molecule is Cc1cccc(OCCOCCNc2cccc3c2C(=O)N(C2CCC(=O)NC2=O)C3=O)c1I. The van der Waals surface area contributed by atoms with Crippen molar-refractivity contribution >= 4 is 51.9 Å². The number of nitrogens with zero attached hydrogens (tertiary/aromatic N) is 1.